The summed E-state index contributed by atoms with van der Waals surface area (Å²) in [5, 5.41) is 6.05. The van der Waals surface area contributed by atoms with Crippen molar-refractivity contribution in [3.63, 3.8) is 0 Å². The zero-order valence-corrected chi connectivity index (χ0v) is 14.2. The minimum atomic E-state index is 0.125. The fourth-order valence-corrected chi connectivity index (χ4v) is 2.46. The molecule has 1 heterocycles. The highest BCUT2D eigenvalue weighted by Gasteiger charge is 2.19. The topological polar surface area (TPSA) is 41.9 Å². The van der Waals surface area contributed by atoms with Crippen LogP contribution in [-0.2, 0) is 4.79 Å². The number of hydrazone groups is 1. The van der Waals surface area contributed by atoms with E-state index >= 15 is 0 Å². The minimum absolute atomic E-state index is 0.125. The molecular formula is C21H20N2O2. The Hall–Kier alpha value is -3.06. The average Bonchev–Trinajstić information content (AvgIpc) is 2.63. The molecule has 0 saturated carbocycles. The Labute approximate surface area is 148 Å². The molecule has 0 bridgehead atoms. The molecule has 4 nitrogen and oxygen atoms in total. The Balaban J connectivity index is 1.74. The van der Waals surface area contributed by atoms with Crippen LogP contribution in [0.1, 0.15) is 31.7 Å². The minimum Gasteiger partial charge on any atom is -0.457 e. The molecule has 0 atom stereocenters. The van der Waals surface area contributed by atoms with Crippen LogP contribution in [0.3, 0.4) is 0 Å². The van der Waals surface area contributed by atoms with E-state index in [1.54, 1.807) is 5.01 Å². The lowest BCUT2D eigenvalue weighted by molar-refractivity contribution is -0.118. The van der Waals surface area contributed by atoms with Crippen LogP contribution >= 0.6 is 0 Å². The Bertz CT molecular complexity index is 814. The van der Waals surface area contributed by atoms with Crippen LogP contribution in [0.25, 0.3) is 0 Å². The van der Waals surface area contributed by atoms with Gasteiger partial charge in [0.15, 0.2) is 5.78 Å². The van der Waals surface area contributed by atoms with Gasteiger partial charge in [-0.25, -0.2) is 5.01 Å². The van der Waals surface area contributed by atoms with Gasteiger partial charge in [0, 0.05) is 12.5 Å². The van der Waals surface area contributed by atoms with E-state index in [0.717, 1.165) is 35.6 Å². The second kappa shape index (κ2) is 8.16. The molecule has 1 aliphatic heterocycles. The summed E-state index contributed by atoms with van der Waals surface area (Å²) in [5.74, 6) is 4.69. The molecule has 0 N–H and O–H groups in total. The van der Waals surface area contributed by atoms with E-state index in [4.69, 9.17) is 4.74 Å². The van der Waals surface area contributed by atoms with E-state index < -0.39 is 0 Å². The molecule has 2 aromatic rings. The van der Waals surface area contributed by atoms with Gasteiger partial charge in [0.1, 0.15) is 18.0 Å². The number of para-hydroxylation sites is 1. The summed E-state index contributed by atoms with van der Waals surface area (Å²) in [6, 6.07) is 20.2. The highest BCUT2D eigenvalue weighted by Crippen LogP contribution is 2.22. The van der Waals surface area contributed by atoms with E-state index in [9.17, 15) is 4.79 Å². The van der Waals surface area contributed by atoms with Gasteiger partial charge < -0.3 is 4.74 Å². The van der Waals surface area contributed by atoms with Gasteiger partial charge in [-0.1, -0.05) is 31.0 Å². The van der Waals surface area contributed by atoms with Crippen molar-refractivity contribution >= 4 is 11.5 Å². The molecule has 0 fully saturated rings. The summed E-state index contributed by atoms with van der Waals surface area (Å²) in [5.41, 5.74) is 1.66. The average molecular weight is 332 g/mol. The molecule has 2 aromatic carbocycles. The highest BCUT2D eigenvalue weighted by atomic mass is 16.5. The first-order chi connectivity index (χ1) is 12.2. The summed E-state index contributed by atoms with van der Waals surface area (Å²) >= 11 is 0. The molecule has 3 rings (SSSR count). The van der Waals surface area contributed by atoms with Gasteiger partial charge in [-0.05, 0) is 48.4 Å². The SMILES string of the molecule is CCCC#CN1CC(=O)CC(c2ccc(Oc3ccccc3)cc2)=N1. The van der Waals surface area contributed by atoms with Crippen LogP contribution in [-0.4, -0.2) is 23.0 Å². The number of ether oxygens (including phenoxy) is 1. The summed E-state index contributed by atoms with van der Waals surface area (Å²) in [7, 11) is 0. The molecule has 1 aliphatic rings. The third kappa shape index (κ3) is 4.71. The normalized spacial score (nSPS) is 13.7. The highest BCUT2D eigenvalue weighted by molar-refractivity contribution is 6.12. The van der Waals surface area contributed by atoms with Crippen LogP contribution < -0.4 is 4.74 Å². The number of nitrogens with zero attached hydrogens (tertiary/aromatic N) is 2. The second-order valence-electron chi connectivity index (χ2n) is 5.80. The first kappa shape index (κ1) is 16.8. The number of unbranched alkanes of at least 4 members (excludes halogenated alkanes) is 1. The third-order valence-corrected chi connectivity index (χ3v) is 3.68. The Morgan fingerprint density at radius 2 is 1.80 bits per heavy atom. The maximum Gasteiger partial charge on any atom is 0.161 e. The molecule has 0 saturated heterocycles. The first-order valence-corrected chi connectivity index (χ1v) is 8.43. The number of hydrogen-bond acceptors (Lipinski definition) is 4. The number of carbonyl (C=O) groups excluding carboxylic acids is 1. The molecule has 25 heavy (non-hydrogen) atoms. The van der Waals surface area contributed by atoms with Gasteiger partial charge in [-0.15, -0.1) is 0 Å². The molecule has 4 heteroatoms. The summed E-state index contributed by atoms with van der Waals surface area (Å²) in [4.78, 5) is 12.0. The molecule has 0 spiro atoms. The van der Waals surface area contributed by atoms with Gasteiger partial charge >= 0.3 is 0 Å². The molecule has 126 valence electrons. The van der Waals surface area contributed by atoms with Gasteiger partial charge in [-0.3, -0.25) is 4.79 Å². The fourth-order valence-electron chi connectivity index (χ4n) is 2.46. The summed E-state index contributed by atoms with van der Waals surface area (Å²) in [6.07, 6.45) is 2.14. The van der Waals surface area contributed by atoms with Crippen molar-refractivity contribution < 1.29 is 9.53 Å². The second-order valence-corrected chi connectivity index (χ2v) is 5.80. The van der Waals surface area contributed by atoms with E-state index in [1.807, 2.05) is 54.6 Å². The van der Waals surface area contributed by atoms with E-state index in [0.29, 0.717) is 6.42 Å². The molecular weight excluding hydrogens is 312 g/mol. The summed E-state index contributed by atoms with van der Waals surface area (Å²) in [6.45, 7) is 2.33. The van der Waals surface area contributed by atoms with Crippen molar-refractivity contribution in [2.45, 2.75) is 26.2 Å². The monoisotopic (exact) mass is 332 g/mol. The van der Waals surface area contributed by atoms with Gasteiger partial charge in [0.05, 0.1) is 12.1 Å². The third-order valence-electron chi connectivity index (χ3n) is 3.68. The molecule has 0 aromatic heterocycles. The molecule has 0 aliphatic carbocycles. The van der Waals surface area contributed by atoms with E-state index in [1.165, 1.54) is 0 Å². The van der Waals surface area contributed by atoms with Crippen molar-refractivity contribution in [2.75, 3.05) is 6.54 Å². The van der Waals surface area contributed by atoms with Crippen LogP contribution in [0, 0.1) is 12.0 Å². The predicted molar refractivity (Wildman–Crippen MR) is 98.5 cm³/mol. The number of carbonyl (C=O) groups is 1. The van der Waals surface area contributed by atoms with Crippen molar-refractivity contribution in [3.05, 3.63) is 60.2 Å². The van der Waals surface area contributed by atoms with Crippen LogP contribution in [0.15, 0.2) is 59.7 Å². The van der Waals surface area contributed by atoms with Crippen LogP contribution in [0.4, 0.5) is 0 Å². The van der Waals surface area contributed by atoms with Crippen molar-refractivity contribution in [2.24, 2.45) is 5.10 Å². The lowest BCUT2D eigenvalue weighted by Gasteiger charge is -2.19. The zero-order chi connectivity index (χ0) is 17.5. The smallest absolute Gasteiger partial charge is 0.161 e. The quantitative estimate of drug-likeness (QED) is 0.787. The van der Waals surface area contributed by atoms with E-state index in [2.05, 4.69) is 24.0 Å². The summed E-state index contributed by atoms with van der Waals surface area (Å²) < 4.78 is 5.79. The lowest BCUT2D eigenvalue weighted by atomic mass is 10.0. The first-order valence-electron chi connectivity index (χ1n) is 8.43. The number of benzene rings is 2. The van der Waals surface area contributed by atoms with Gasteiger partial charge in [0.25, 0.3) is 0 Å². The Morgan fingerprint density at radius 1 is 1.08 bits per heavy atom. The largest absolute Gasteiger partial charge is 0.457 e. The van der Waals surface area contributed by atoms with Crippen molar-refractivity contribution in [1.29, 1.82) is 0 Å². The standard InChI is InChI=1S/C21H20N2O2/c1-2-3-7-14-23-16-18(24)15-21(22-23)17-10-12-20(13-11-17)25-19-8-5-4-6-9-19/h4-6,8-13H,2-3,15-16H2,1H3. The van der Waals surface area contributed by atoms with Crippen LogP contribution in [0.2, 0.25) is 0 Å². The van der Waals surface area contributed by atoms with Crippen molar-refractivity contribution in [1.82, 2.24) is 5.01 Å². The fraction of sp³-hybridized carbons (Fsp3) is 0.238. The molecule has 0 amide bonds. The number of ketones is 1. The lowest BCUT2D eigenvalue weighted by Crippen LogP contribution is -2.30. The Morgan fingerprint density at radius 3 is 2.52 bits per heavy atom. The van der Waals surface area contributed by atoms with Gasteiger partial charge in [-0.2, -0.15) is 5.10 Å². The zero-order valence-electron chi connectivity index (χ0n) is 14.2. The number of hydrogen-bond donors (Lipinski definition) is 0. The molecule has 0 radical (unpaired) electrons. The van der Waals surface area contributed by atoms with E-state index in [-0.39, 0.29) is 12.3 Å². The molecule has 0 unspecified atom stereocenters. The van der Waals surface area contributed by atoms with Gasteiger partial charge in [0.2, 0.25) is 0 Å². The maximum atomic E-state index is 12.0. The predicted octanol–water partition coefficient (Wildman–Crippen LogP) is 4.22. The van der Waals surface area contributed by atoms with Crippen molar-refractivity contribution in [3.8, 4) is 23.5 Å². The van der Waals surface area contributed by atoms with Crippen LogP contribution in [0.5, 0.6) is 11.5 Å². The Kier molecular flexibility index (Phi) is 5.48. The number of rotatable bonds is 4. The number of Topliss-reactive ketones (excluding diaryl/α,β-unsaturated/α-hetero) is 1. The maximum absolute atomic E-state index is 12.0.